The Balaban J connectivity index is 2.01. The summed E-state index contributed by atoms with van der Waals surface area (Å²) in [5.74, 6) is -1.15. The highest BCUT2D eigenvalue weighted by Gasteiger charge is 2.29. The SMILES string of the molecule is O=S(=O)(c1cccc(F)c1)n1c(-c2ccccc2F)cc2c1CCNC2. The van der Waals surface area contributed by atoms with Crippen molar-refractivity contribution in [1.29, 1.82) is 0 Å². The third-order valence-electron chi connectivity index (χ3n) is 4.48. The Bertz CT molecular complexity index is 1090. The molecule has 0 saturated carbocycles. The van der Waals surface area contributed by atoms with Crippen LogP contribution in [0.4, 0.5) is 8.78 Å². The first-order valence-corrected chi connectivity index (χ1v) is 9.63. The third-order valence-corrected chi connectivity index (χ3v) is 6.23. The Labute approximate surface area is 150 Å². The molecule has 0 saturated heterocycles. The zero-order chi connectivity index (χ0) is 18.3. The zero-order valence-corrected chi connectivity index (χ0v) is 14.6. The first kappa shape index (κ1) is 16.9. The molecular formula is C19H16F2N2O2S. The lowest BCUT2D eigenvalue weighted by Crippen LogP contribution is -2.27. The van der Waals surface area contributed by atoms with Gasteiger partial charge in [0.15, 0.2) is 0 Å². The van der Waals surface area contributed by atoms with Gasteiger partial charge in [0.1, 0.15) is 11.6 Å². The van der Waals surface area contributed by atoms with Gasteiger partial charge in [-0.25, -0.2) is 21.2 Å². The quantitative estimate of drug-likeness (QED) is 0.765. The van der Waals surface area contributed by atoms with E-state index >= 15 is 0 Å². The summed E-state index contributed by atoms with van der Waals surface area (Å²) in [5.41, 5.74) is 1.85. The number of hydrogen-bond acceptors (Lipinski definition) is 3. The smallest absolute Gasteiger partial charge is 0.268 e. The van der Waals surface area contributed by atoms with Crippen molar-refractivity contribution < 1.29 is 17.2 Å². The third kappa shape index (κ3) is 2.73. The van der Waals surface area contributed by atoms with Crippen molar-refractivity contribution in [2.24, 2.45) is 0 Å². The van der Waals surface area contributed by atoms with Gasteiger partial charge in [0.05, 0.1) is 10.6 Å². The number of hydrogen-bond donors (Lipinski definition) is 1. The van der Waals surface area contributed by atoms with Gasteiger partial charge in [-0.15, -0.1) is 0 Å². The minimum Gasteiger partial charge on any atom is -0.312 e. The standard InChI is InChI=1S/C19H16F2N2O2S/c20-14-4-3-5-15(11-14)26(24,25)23-18-8-9-22-12-13(18)10-19(23)16-6-1-2-7-17(16)21/h1-7,10-11,22H,8-9,12H2. The van der Waals surface area contributed by atoms with E-state index in [1.165, 1.54) is 24.3 Å². The van der Waals surface area contributed by atoms with Gasteiger partial charge in [-0.1, -0.05) is 18.2 Å². The molecule has 0 atom stereocenters. The van der Waals surface area contributed by atoms with E-state index in [4.69, 9.17) is 0 Å². The number of rotatable bonds is 3. The van der Waals surface area contributed by atoms with Crippen molar-refractivity contribution in [1.82, 2.24) is 9.29 Å². The van der Waals surface area contributed by atoms with E-state index in [2.05, 4.69) is 5.32 Å². The summed E-state index contributed by atoms with van der Waals surface area (Å²) in [6.45, 7) is 1.12. The molecule has 0 spiro atoms. The van der Waals surface area contributed by atoms with E-state index in [1.807, 2.05) is 0 Å². The van der Waals surface area contributed by atoms with Crippen molar-refractivity contribution in [2.45, 2.75) is 17.9 Å². The van der Waals surface area contributed by atoms with Crippen LogP contribution in [0.3, 0.4) is 0 Å². The van der Waals surface area contributed by atoms with E-state index in [1.54, 1.807) is 24.3 Å². The number of nitrogens with one attached hydrogen (secondary N) is 1. The van der Waals surface area contributed by atoms with Gasteiger partial charge < -0.3 is 5.32 Å². The summed E-state index contributed by atoms with van der Waals surface area (Å²) in [7, 11) is -4.07. The van der Waals surface area contributed by atoms with Crippen molar-refractivity contribution in [3.63, 3.8) is 0 Å². The molecule has 0 bridgehead atoms. The van der Waals surface area contributed by atoms with Gasteiger partial charge in [0, 0.05) is 30.8 Å². The van der Waals surface area contributed by atoms with Crippen LogP contribution in [-0.4, -0.2) is 18.9 Å². The molecule has 2 aromatic carbocycles. The van der Waals surface area contributed by atoms with E-state index in [0.29, 0.717) is 25.2 Å². The molecule has 4 rings (SSSR count). The number of halogens is 2. The summed E-state index contributed by atoms with van der Waals surface area (Å²) in [4.78, 5) is -0.160. The number of benzene rings is 2. The summed E-state index contributed by atoms with van der Waals surface area (Å²) in [6, 6.07) is 12.6. The zero-order valence-electron chi connectivity index (χ0n) is 13.7. The lowest BCUT2D eigenvalue weighted by atomic mass is 10.1. The first-order chi connectivity index (χ1) is 12.5. The van der Waals surface area contributed by atoms with Gasteiger partial charge in [-0.2, -0.15) is 0 Å². The van der Waals surface area contributed by atoms with Crippen LogP contribution in [0.15, 0.2) is 59.5 Å². The minimum atomic E-state index is -4.07. The first-order valence-electron chi connectivity index (χ1n) is 8.19. The molecular weight excluding hydrogens is 358 g/mol. The average Bonchev–Trinajstić information content (AvgIpc) is 3.02. The lowest BCUT2D eigenvalue weighted by molar-refractivity contribution is 0.575. The molecule has 4 nitrogen and oxygen atoms in total. The van der Waals surface area contributed by atoms with Gasteiger partial charge >= 0.3 is 0 Å². The molecule has 0 radical (unpaired) electrons. The average molecular weight is 374 g/mol. The Morgan fingerprint density at radius 1 is 1.00 bits per heavy atom. The van der Waals surface area contributed by atoms with Crippen LogP contribution in [0.2, 0.25) is 0 Å². The van der Waals surface area contributed by atoms with Crippen molar-refractivity contribution in [3.05, 3.63) is 77.5 Å². The predicted octanol–water partition coefficient (Wildman–Crippen LogP) is 3.32. The van der Waals surface area contributed by atoms with Crippen LogP contribution in [0.25, 0.3) is 11.3 Å². The fourth-order valence-corrected chi connectivity index (χ4v) is 4.92. The Kier molecular flexibility index (Phi) is 4.13. The molecule has 0 fully saturated rings. The maximum Gasteiger partial charge on any atom is 0.268 e. The van der Waals surface area contributed by atoms with E-state index < -0.39 is 21.7 Å². The Morgan fingerprint density at radius 3 is 2.58 bits per heavy atom. The maximum atomic E-state index is 14.4. The lowest BCUT2D eigenvalue weighted by Gasteiger charge is -2.18. The van der Waals surface area contributed by atoms with Gasteiger partial charge in [0.25, 0.3) is 10.0 Å². The second kappa shape index (κ2) is 6.34. The number of aromatic nitrogens is 1. The van der Waals surface area contributed by atoms with Gasteiger partial charge in [-0.3, -0.25) is 0 Å². The van der Waals surface area contributed by atoms with Crippen molar-refractivity contribution >= 4 is 10.0 Å². The topological polar surface area (TPSA) is 51.1 Å². The Hall–Kier alpha value is -2.51. The normalized spacial score (nSPS) is 14.2. The molecule has 134 valence electrons. The van der Waals surface area contributed by atoms with E-state index in [-0.39, 0.29) is 16.2 Å². The highest BCUT2D eigenvalue weighted by molar-refractivity contribution is 7.90. The number of fused-ring (bicyclic) bond motifs is 1. The molecule has 1 N–H and O–H groups in total. The second-order valence-corrected chi connectivity index (χ2v) is 7.92. The second-order valence-electron chi connectivity index (χ2n) is 6.13. The minimum absolute atomic E-state index is 0.160. The van der Waals surface area contributed by atoms with Gasteiger partial charge in [-0.05, 0) is 42.0 Å². The fourth-order valence-electron chi connectivity index (χ4n) is 3.29. The number of nitrogens with zero attached hydrogens (tertiary/aromatic N) is 1. The summed E-state index contributed by atoms with van der Waals surface area (Å²) in [5, 5.41) is 3.19. The molecule has 0 amide bonds. The predicted molar refractivity (Wildman–Crippen MR) is 94.2 cm³/mol. The van der Waals surface area contributed by atoms with Crippen LogP contribution < -0.4 is 5.32 Å². The van der Waals surface area contributed by atoms with Crippen LogP contribution in [0.5, 0.6) is 0 Å². The molecule has 0 unspecified atom stereocenters. The highest BCUT2D eigenvalue weighted by Crippen LogP contribution is 2.33. The summed E-state index contributed by atoms with van der Waals surface area (Å²) in [6.07, 6.45) is 0.484. The molecule has 0 aliphatic carbocycles. The van der Waals surface area contributed by atoms with Crippen molar-refractivity contribution in [2.75, 3.05) is 6.54 Å². The molecule has 1 aliphatic rings. The summed E-state index contributed by atoms with van der Waals surface area (Å²) < 4.78 is 55.7. The molecule has 1 aromatic heterocycles. The fraction of sp³-hybridized carbons (Fsp3) is 0.158. The van der Waals surface area contributed by atoms with Gasteiger partial charge in [0.2, 0.25) is 0 Å². The van der Waals surface area contributed by atoms with Crippen LogP contribution >= 0.6 is 0 Å². The molecule has 26 heavy (non-hydrogen) atoms. The van der Waals surface area contributed by atoms with Crippen LogP contribution in [0.1, 0.15) is 11.3 Å². The maximum absolute atomic E-state index is 14.4. The summed E-state index contributed by atoms with van der Waals surface area (Å²) >= 11 is 0. The Morgan fingerprint density at radius 2 is 1.81 bits per heavy atom. The monoisotopic (exact) mass is 374 g/mol. The highest BCUT2D eigenvalue weighted by atomic mass is 32.2. The molecule has 7 heteroatoms. The van der Waals surface area contributed by atoms with Crippen LogP contribution in [0, 0.1) is 11.6 Å². The van der Waals surface area contributed by atoms with E-state index in [0.717, 1.165) is 15.6 Å². The van der Waals surface area contributed by atoms with Crippen molar-refractivity contribution in [3.8, 4) is 11.3 Å². The molecule has 1 aliphatic heterocycles. The van der Waals surface area contributed by atoms with Crippen LogP contribution in [-0.2, 0) is 23.0 Å². The van der Waals surface area contributed by atoms with E-state index in [9.17, 15) is 17.2 Å². The molecule has 2 heterocycles. The largest absolute Gasteiger partial charge is 0.312 e. The molecule has 3 aromatic rings.